The summed E-state index contributed by atoms with van der Waals surface area (Å²) in [5.41, 5.74) is 2.14. The van der Waals surface area contributed by atoms with Gasteiger partial charge in [-0.1, -0.05) is 6.92 Å². The first kappa shape index (κ1) is 21.3. The van der Waals surface area contributed by atoms with E-state index in [1.165, 1.54) is 0 Å². The van der Waals surface area contributed by atoms with Crippen LogP contribution in [-0.2, 0) is 13.0 Å². The Bertz CT molecular complexity index is 750. The van der Waals surface area contributed by atoms with E-state index in [1.54, 1.807) is 12.1 Å². The van der Waals surface area contributed by atoms with E-state index in [2.05, 4.69) is 27.1 Å². The van der Waals surface area contributed by atoms with Crippen LogP contribution in [-0.4, -0.2) is 47.2 Å². The van der Waals surface area contributed by atoms with Crippen LogP contribution in [0.4, 0.5) is 10.3 Å². The second kappa shape index (κ2) is 10.4. The van der Waals surface area contributed by atoms with E-state index in [1.807, 2.05) is 26.2 Å². The van der Waals surface area contributed by atoms with Gasteiger partial charge in [-0.15, -0.1) is 0 Å². The molecule has 7 heteroatoms. The van der Waals surface area contributed by atoms with Gasteiger partial charge in [-0.3, -0.25) is 4.90 Å². The molecule has 1 N–H and O–H groups in total. The summed E-state index contributed by atoms with van der Waals surface area (Å²) in [6, 6.07) is 3.94. The van der Waals surface area contributed by atoms with Gasteiger partial charge < -0.3 is 14.8 Å². The molecule has 1 fully saturated rings. The molecule has 3 rings (SSSR count). The van der Waals surface area contributed by atoms with E-state index < -0.39 is 5.82 Å². The number of hydrogen-bond acceptors (Lipinski definition) is 6. The van der Waals surface area contributed by atoms with Crippen molar-refractivity contribution < 1.29 is 13.9 Å². The molecule has 1 aliphatic heterocycles. The first-order valence-electron chi connectivity index (χ1n) is 10.5. The summed E-state index contributed by atoms with van der Waals surface area (Å²) in [4.78, 5) is 11.2. The van der Waals surface area contributed by atoms with Gasteiger partial charge in [0.25, 0.3) is 0 Å². The van der Waals surface area contributed by atoms with E-state index in [-0.39, 0.29) is 11.5 Å². The molecule has 0 bridgehead atoms. The zero-order chi connectivity index (χ0) is 20.6. The Hall–Kier alpha value is -2.41. The highest BCUT2D eigenvalue weighted by molar-refractivity contribution is 5.40. The standard InChI is InChI=1S/C22H31FN4O2/c1-4-16-13-24-22(25-14-16)26-18-7-9-27(10-8-18)15-17-11-19(28-5-2)21(23)20(12-17)29-6-3/h11-14,18H,4-10,15H2,1-3H3,(H,24,25,26). The SMILES string of the molecule is CCOc1cc(CN2CCC(Nc3ncc(CC)cn3)CC2)cc(OCC)c1F. The number of piperidine rings is 1. The van der Waals surface area contributed by atoms with Crippen LogP contribution in [0.1, 0.15) is 44.7 Å². The molecule has 2 heterocycles. The number of aromatic nitrogens is 2. The number of hydrogen-bond donors (Lipinski definition) is 1. The maximum atomic E-state index is 14.4. The van der Waals surface area contributed by atoms with Gasteiger partial charge in [-0.2, -0.15) is 4.39 Å². The van der Waals surface area contributed by atoms with E-state index >= 15 is 0 Å². The fraction of sp³-hybridized carbons (Fsp3) is 0.545. The van der Waals surface area contributed by atoms with Crippen LogP contribution in [0.5, 0.6) is 11.5 Å². The summed E-state index contributed by atoms with van der Waals surface area (Å²) >= 11 is 0. The Kier molecular flexibility index (Phi) is 7.63. The van der Waals surface area contributed by atoms with Crippen molar-refractivity contribution in [3.8, 4) is 11.5 Å². The predicted octanol–water partition coefficient (Wildman–Crippen LogP) is 4.05. The fourth-order valence-electron chi connectivity index (χ4n) is 3.53. The Morgan fingerprint density at radius 1 is 1.00 bits per heavy atom. The lowest BCUT2D eigenvalue weighted by Gasteiger charge is -2.32. The maximum Gasteiger partial charge on any atom is 0.222 e. The summed E-state index contributed by atoms with van der Waals surface area (Å²) in [6.07, 6.45) is 6.72. The highest BCUT2D eigenvalue weighted by Gasteiger charge is 2.21. The van der Waals surface area contributed by atoms with Crippen molar-refractivity contribution in [3.05, 3.63) is 41.5 Å². The van der Waals surface area contributed by atoms with Crippen molar-refractivity contribution in [2.75, 3.05) is 31.6 Å². The number of likely N-dealkylation sites (tertiary alicyclic amines) is 1. The molecule has 0 atom stereocenters. The Morgan fingerprint density at radius 2 is 1.59 bits per heavy atom. The quantitative estimate of drug-likeness (QED) is 0.683. The zero-order valence-corrected chi connectivity index (χ0v) is 17.6. The van der Waals surface area contributed by atoms with Crippen molar-refractivity contribution in [2.24, 2.45) is 0 Å². The number of nitrogens with one attached hydrogen (secondary N) is 1. The van der Waals surface area contributed by atoms with Crippen molar-refractivity contribution >= 4 is 5.95 Å². The first-order valence-corrected chi connectivity index (χ1v) is 10.5. The molecule has 158 valence electrons. The summed E-state index contributed by atoms with van der Waals surface area (Å²) in [5, 5.41) is 3.44. The Labute approximate surface area is 172 Å². The van der Waals surface area contributed by atoms with Gasteiger partial charge in [0.05, 0.1) is 13.2 Å². The number of nitrogens with zero attached hydrogens (tertiary/aromatic N) is 3. The third-order valence-corrected chi connectivity index (χ3v) is 5.11. The molecule has 1 saturated heterocycles. The molecular weight excluding hydrogens is 371 g/mol. The smallest absolute Gasteiger partial charge is 0.222 e. The van der Waals surface area contributed by atoms with Crippen LogP contribution < -0.4 is 14.8 Å². The fourth-order valence-corrected chi connectivity index (χ4v) is 3.53. The molecule has 0 saturated carbocycles. The second-order valence-corrected chi connectivity index (χ2v) is 7.24. The molecule has 0 aliphatic carbocycles. The zero-order valence-electron chi connectivity index (χ0n) is 17.6. The third-order valence-electron chi connectivity index (χ3n) is 5.11. The molecule has 6 nitrogen and oxygen atoms in total. The van der Waals surface area contributed by atoms with Crippen molar-refractivity contribution in [1.29, 1.82) is 0 Å². The van der Waals surface area contributed by atoms with Gasteiger partial charge >= 0.3 is 0 Å². The molecule has 1 aromatic carbocycles. The normalized spacial score (nSPS) is 15.3. The van der Waals surface area contributed by atoms with Crippen molar-refractivity contribution in [3.63, 3.8) is 0 Å². The molecule has 0 radical (unpaired) electrons. The maximum absolute atomic E-state index is 14.4. The van der Waals surface area contributed by atoms with Crippen molar-refractivity contribution in [1.82, 2.24) is 14.9 Å². The van der Waals surface area contributed by atoms with E-state index in [0.29, 0.717) is 25.2 Å². The highest BCUT2D eigenvalue weighted by atomic mass is 19.1. The minimum absolute atomic E-state index is 0.262. The average molecular weight is 403 g/mol. The van der Waals surface area contributed by atoms with Crippen LogP contribution in [0.25, 0.3) is 0 Å². The number of anilines is 1. The average Bonchev–Trinajstić information content (AvgIpc) is 2.74. The van der Waals surface area contributed by atoms with Gasteiger partial charge in [0, 0.05) is 38.1 Å². The molecule has 29 heavy (non-hydrogen) atoms. The number of aryl methyl sites for hydroxylation is 1. The minimum atomic E-state index is -0.422. The van der Waals surface area contributed by atoms with Crippen molar-refractivity contribution in [2.45, 2.75) is 52.6 Å². The predicted molar refractivity (Wildman–Crippen MR) is 112 cm³/mol. The van der Waals surface area contributed by atoms with E-state index in [9.17, 15) is 4.39 Å². The number of benzene rings is 1. The summed E-state index contributed by atoms with van der Waals surface area (Å²) in [7, 11) is 0. The Balaban J connectivity index is 1.57. The van der Waals surface area contributed by atoms with Gasteiger partial charge in [-0.25, -0.2) is 9.97 Å². The lowest BCUT2D eigenvalue weighted by Crippen LogP contribution is -2.39. The monoisotopic (exact) mass is 402 g/mol. The lowest BCUT2D eigenvalue weighted by molar-refractivity contribution is 0.210. The summed E-state index contributed by atoms with van der Waals surface area (Å²) in [6.45, 7) is 9.29. The lowest BCUT2D eigenvalue weighted by atomic mass is 10.0. The summed E-state index contributed by atoms with van der Waals surface area (Å²) in [5.74, 6) is 0.798. The minimum Gasteiger partial charge on any atom is -0.491 e. The van der Waals surface area contributed by atoms with E-state index in [0.717, 1.165) is 50.0 Å². The van der Waals surface area contributed by atoms with E-state index in [4.69, 9.17) is 9.47 Å². The molecule has 1 aromatic heterocycles. The molecule has 2 aromatic rings. The molecule has 0 unspecified atom stereocenters. The Morgan fingerprint density at radius 3 is 2.10 bits per heavy atom. The number of halogens is 1. The van der Waals surface area contributed by atoms with Crippen LogP contribution >= 0.6 is 0 Å². The first-order chi connectivity index (χ1) is 14.1. The molecule has 0 spiro atoms. The third kappa shape index (κ3) is 5.79. The van der Waals surface area contributed by atoms with Gasteiger partial charge in [0.2, 0.25) is 11.8 Å². The van der Waals surface area contributed by atoms with Gasteiger partial charge in [0.1, 0.15) is 0 Å². The molecule has 1 aliphatic rings. The van der Waals surface area contributed by atoms with Crippen LogP contribution in [0, 0.1) is 5.82 Å². The number of ether oxygens (including phenoxy) is 2. The van der Waals surface area contributed by atoms with Crippen LogP contribution in [0.15, 0.2) is 24.5 Å². The topological polar surface area (TPSA) is 59.5 Å². The molecular formula is C22H31FN4O2. The largest absolute Gasteiger partial charge is 0.491 e. The van der Waals surface area contributed by atoms with Crippen LogP contribution in [0.3, 0.4) is 0 Å². The number of rotatable bonds is 9. The molecule has 0 amide bonds. The summed E-state index contributed by atoms with van der Waals surface area (Å²) < 4.78 is 25.3. The van der Waals surface area contributed by atoms with Crippen LogP contribution in [0.2, 0.25) is 0 Å². The van der Waals surface area contributed by atoms with Gasteiger partial charge in [-0.05, 0) is 56.4 Å². The second-order valence-electron chi connectivity index (χ2n) is 7.24. The highest BCUT2D eigenvalue weighted by Crippen LogP contribution is 2.30. The van der Waals surface area contributed by atoms with Gasteiger partial charge in [0.15, 0.2) is 11.5 Å².